The molecule has 0 saturated carbocycles. The molecule has 0 aliphatic carbocycles. The molecule has 0 bridgehead atoms. The van der Waals surface area contributed by atoms with E-state index in [0.29, 0.717) is 6.61 Å². The third-order valence-electron chi connectivity index (χ3n) is 3.33. The maximum Gasteiger partial charge on any atom is 0.325 e. The van der Waals surface area contributed by atoms with Gasteiger partial charge >= 0.3 is 5.97 Å². The minimum atomic E-state index is -0.307. The summed E-state index contributed by atoms with van der Waals surface area (Å²) in [7, 11) is 1.37. The van der Waals surface area contributed by atoms with Crippen molar-refractivity contribution in [2.45, 2.75) is 26.7 Å². The Labute approximate surface area is 130 Å². The third kappa shape index (κ3) is 4.10. The highest BCUT2D eigenvalue weighted by Gasteiger charge is 2.08. The van der Waals surface area contributed by atoms with Crippen LogP contribution in [0.15, 0.2) is 24.3 Å². The Balaban J connectivity index is 2.27. The lowest BCUT2D eigenvalue weighted by Crippen LogP contribution is -2.15. The number of unbranched alkanes of at least 4 members (excludes halogenated alkanes) is 1. The summed E-state index contributed by atoms with van der Waals surface area (Å²) in [5.74, 6) is 0.505. The summed E-state index contributed by atoms with van der Waals surface area (Å²) in [6.45, 7) is 4.88. The van der Waals surface area contributed by atoms with E-state index >= 15 is 0 Å². The van der Waals surface area contributed by atoms with Crippen LogP contribution >= 0.6 is 0 Å². The van der Waals surface area contributed by atoms with Gasteiger partial charge in [0.05, 0.1) is 19.2 Å². The average molecular weight is 302 g/mol. The zero-order valence-electron chi connectivity index (χ0n) is 13.3. The molecule has 0 aliphatic rings. The standard InChI is InChI=1S/C17H22N2O3/c1-4-5-8-22-13-6-7-15-14(10-13)16(9-12(2)19-15)18-11-17(20)21-3/h6-7,9-10H,4-5,8,11H2,1-3H3,(H,18,19). The molecular formula is C17H22N2O3. The molecule has 0 fully saturated rings. The Kier molecular flexibility index (Phi) is 5.58. The SMILES string of the molecule is CCCCOc1ccc2nc(C)cc(NCC(=O)OC)c2c1. The highest BCUT2D eigenvalue weighted by Crippen LogP contribution is 2.27. The smallest absolute Gasteiger partial charge is 0.325 e. The first-order chi connectivity index (χ1) is 10.6. The van der Waals surface area contributed by atoms with E-state index in [2.05, 4.69) is 22.0 Å². The van der Waals surface area contributed by atoms with Crippen LogP contribution < -0.4 is 10.1 Å². The third-order valence-corrected chi connectivity index (χ3v) is 3.33. The molecule has 1 heterocycles. The molecule has 0 spiro atoms. The van der Waals surface area contributed by atoms with Gasteiger partial charge in [0.2, 0.25) is 0 Å². The second-order valence-corrected chi connectivity index (χ2v) is 5.12. The summed E-state index contributed by atoms with van der Waals surface area (Å²) in [6, 6.07) is 7.74. The summed E-state index contributed by atoms with van der Waals surface area (Å²) >= 11 is 0. The zero-order valence-corrected chi connectivity index (χ0v) is 13.3. The zero-order chi connectivity index (χ0) is 15.9. The van der Waals surface area contributed by atoms with E-state index in [-0.39, 0.29) is 12.5 Å². The van der Waals surface area contributed by atoms with Crippen molar-refractivity contribution in [1.29, 1.82) is 0 Å². The monoisotopic (exact) mass is 302 g/mol. The summed E-state index contributed by atoms with van der Waals surface area (Å²) in [5, 5.41) is 4.04. The van der Waals surface area contributed by atoms with Crippen molar-refractivity contribution >= 4 is 22.6 Å². The number of benzene rings is 1. The number of hydrogen-bond donors (Lipinski definition) is 1. The summed E-state index contributed by atoms with van der Waals surface area (Å²) in [5.41, 5.74) is 2.61. The Morgan fingerprint density at radius 1 is 1.32 bits per heavy atom. The molecule has 1 aromatic heterocycles. The maximum absolute atomic E-state index is 11.3. The van der Waals surface area contributed by atoms with Gasteiger partial charge in [0.15, 0.2) is 0 Å². The number of ether oxygens (including phenoxy) is 2. The normalized spacial score (nSPS) is 10.5. The van der Waals surface area contributed by atoms with Gasteiger partial charge in [-0.25, -0.2) is 0 Å². The number of rotatable bonds is 7. The molecule has 0 radical (unpaired) electrons. The van der Waals surface area contributed by atoms with Crippen molar-refractivity contribution in [2.75, 3.05) is 25.6 Å². The van der Waals surface area contributed by atoms with Crippen LogP contribution in [0.3, 0.4) is 0 Å². The van der Waals surface area contributed by atoms with Gasteiger partial charge < -0.3 is 14.8 Å². The molecular weight excluding hydrogens is 280 g/mol. The molecule has 2 aromatic rings. The quantitative estimate of drug-likeness (QED) is 0.628. The van der Waals surface area contributed by atoms with Gasteiger partial charge in [-0.15, -0.1) is 0 Å². The lowest BCUT2D eigenvalue weighted by Gasteiger charge is -2.12. The molecule has 5 heteroatoms. The highest BCUT2D eigenvalue weighted by atomic mass is 16.5. The van der Waals surface area contributed by atoms with Crippen molar-refractivity contribution in [3.05, 3.63) is 30.0 Å². The van der Waals surface area contributed by atoms with Gasteiger partial charge in [-0.2, -0.15) is 0 Å². The van der Waals surface area contributed by atoms with E-state index < -0.39 is 0 Å². The van der Waals surface area contributed by atoms with Gasteiger partial charge in [-0.05, 0) is 37.6 Å². The molecule has 1 aromatic carbocycles. The van der Waals surface area contributed by atoms with Gasteiger partial charge in [-0.3, -0.25) is 9.78 Å². The fraction of sp³-hybridized carbons (Fsp3) is 0.412. The molecule has 5 nitrogen and oxygen atoms in total. The Bertz CT molecular complexity index is 656. The number of carbonyl (C=O) groups excluding carboxylic acids is 1. The van der Waals surface area contributed by atoms with Crippen LogP contribution in [-0.2, 0) is 9.53 Å². The molecule has 0 amide bonds. The van der Waals surface area contributed by atoms with Crippen molar-refractivity contribution in [3.8, 4) is 5.75 Å². The molecule has 1 N–H and O–H groups in total. The number of fused-ring (bicyclic) bond motifs is 1. The molecule has 0 aliphatic heterocycles. The van der Waals surface area contributed by atoms with Crippen LogP contribution in [0, 0.1) is 6.92 Å². The van der Waals surface area contributed by atoms with Crippen LogP contribution in [-0.4, -0.2) is 31.2 Å². The van der Waals surface area contributed by atoms with Crippen LogP contribution in [0.2, 0.25) is 0 Å². The number of nitrogens with zero attached hydrogens (tertiary/aromatic N) is 1. The van der Waals surface area contributed by atoms with E-state index in [4.69, 9.17) is 4.74 Å². The van der Waals surface area contributed by atoms with Gasteiger partial charge in [0.25, 0.3) is 0 Å². The van der Waals surface area contributed by atoms with Gasteiger partial charge in [0.1, 0.15) is 12.3 Å². The second kappa shape index (κ2) is 7.64. The topological polar surface area (TPSA) is 60.5 Å². The van der Waals surface area contributed by atoms with Crippen molar-refractivity contribution in [3.63, 3.8) is 0 Å². The van der Waals surface area contributed by atoms with Crippen LogP contribution in [0.25, 0.3) is 10.9 Å². The number of aryl methyl sites for hydroxylation is 1. The molecule has 0 saturated heterocycles. The number of nitrogens with one attached hydrogen (secondary N) is 1. The largest absolute Gasteiger partial charge is 0.494 e. The first-order valence-electron chi connectivity index (χ1n) is 7.49. The fourth-order valence-corrected chi connectivity index (χ4v) is 2.15. The maximum atomic E-state index is 11.3. The number of anilines is 1. The van der Waals surface area contributed by atoms with Gasteiger partial charge in [0, 0.05) is 16.8 Å². The van der Waals surface area contributed by atoms with E-state index in [1.54, 1.807) is 0 Å². The van der Waals surface area contributed by atoms with Crippen molar-refractivity contribution in [1.82, 2.24) is 4.98 Å². The Morgan fingerprint density at radius 2 is 2.14 bits per heavy atom. The van der Waals surface area contributed by atoms with Crippen molar-refractivity contribution in [2.24, 2.45) is 0 Å². The number of carbonyl (C=O) groups is 1. The molecule has 118 valence electrons. The average Bonchev–Trinajstić information content (AvgIpc) is 2.52. The summed E-state index contributed by atoms with van der Waals surface area (Å²) < 4.78 is 10.4. The van der Waals surface area contributed by atoms with E-state index in [1.165, 1.54) is 7.11 Å². The number of aromatic nitrogens is 1. The predicted octanol–water partition coefficient (Wildman–Crippen LogP) is 3.31. The van der Waals surface area contributed by atoms with Gasteiger partial charge in [-0.1, -0.05) is 13.3 Å². The Hall–Kier alpha value is -2.30. The first kappa shape index (κ1) is 16.1. The van der Waals surface area contributed by atoms with E-state index in [9.17, 15) is 4.79 Å². The first-order valence-corrected chi connectivity index (χ1v) is 7.49. The van der Waals surface area contributed by atoms with Crippen LogP contribution in [0.5, 0.6) is 5.75 Å². The van der Waals surface area contributed by atoms with E-state index in [1.807, 2.05) is 31.2 Å². The summed E-state index contributed by atoms with van der Waals surface area (Å²) in [4.78, 5) is 15.8. The minimum absolute atomic E-state index is 0.121. The number of methoxy groups -OCH3 is 1. The fourth-order valence-electron chi connectivity index (χ4n) is 2.15. The number of hydrogen-bond acceptors (Lipinski definition) is 5. The number of pyridine rings is 1. The lowest BCUT2D eigenvalue weighted by molar-refractivity contribution is -0.138. The highest BCUT2D eigenvalue weighted by molar-refractivity contribution is 5.93. The predicted molar refractivity (Wildman–Crippen MR) is 87.4 cm³/mol. The van der Waals surface area contributed by atoms with Crippen molar-refractivity contribution < 1.29 is 14.3 Å². The molecule has 2 rings (SSSR count). The summed E-state index contributed by atoms with van der Waals surface area (Å²) in [6.07, 6.45) is 2.12. The molecule has 0 unspecified atom stereocenters. The molecule has 0 atom stereocenters. The Morgan fingerprint density at radius 3 is 2.86 bits per heavy atom. The molecule has 22 heavy (non-hydrogen) atoms. The minimum Gasteiger partial charge on any atom is -0.494 e. The number of esters is 1. The van der Waals surface area contributed by atoms with E-state index in [0.717, 1.165) is 40.9 Å². The second-order valence-electron chi connectivity index (χ2n) is 5.12. The van der Waals surface area contributed by atoms with Crippen LogP contribution in [0.4, 0.5) is 5.69 Å². The van der Waals surface area contributed by atoms with Crippen LogP contribution in [0.1, 0.15) is 25.5 Å². The lowest BCUT2D eigenvalue weighted by atomic mass is 10.1.